The van der Waals surface area contributed by atoms with Gasteiger partial charge in [0.25, 0.3) is 0 Å². The van der Waals surface area contributed by atoms with Crippen LogP contribution in [0.25, 0.3) is 33.3 Å². The van der Waals surface area contributed by atoms with E-state index in [0.29, 0.717) is 22.3 Å². The van der Waals surface area contributed by atoms with Crippen molar-refractivity contribution in [2.24, 2.45) is 0 Å². The highest BCUT2D eigenvalue weighted by Gasteiger charge is 2.23. The van der Waals surface area contributed by atoms with Crippen molar-refractivity contribution >= 4 is 28.2 Å². The van der Waals surface area contributed by atoms with Crippen molar-refractivity contribution in [2.75, 3.05) is 12.8 Å². The molecule has 7 heteroatoms. The highest BCUT2D eigenvalue weighted by Crippen LogP contribution is 2.42. The molecule has 4 aromatic rings. The molecule has 0 saturated heterocycles. The van der Waals surface area contributed by atoms with Crippen molar-refractivity contribution in [1.29, 1.82) is 0 Å². The molecule has 0 amide bonds. The molecule has 4 nitrogen and oxygen atoms in total. The molecule has 0 aliphatic rings. The summed E-state index contributed by atoms with van der Waals surface area (Å²) in [5, 5.41) is 0.419. The minimum Gasteiger partial charge on any atom is -0.496 e. The summed E-state index contributed by atoms with van der Waals surface area (Å²) >= 11 is 6.39. The molecule has 140 valence electrons. The quantitative estimate of drug-likeness (QED) is 0.464. The van der Waals surface area contributed by atoms with Gasteiger partial charge in [-0.25, -0.2) is 18.7 Å². The second kappa shape index (κ2) is 7.05. The van der Waals surface area contributed by atoms with E-state index in [4.69, 9.17) is 22.1 Å². The van der Waals surface area contributed by atoms with Crippen molar-refractivity contribution in [3.8, 4) is 28.1 Å². The fourth-order valence-electron chi connectivity index (χ4n) is 3.19. The zero-order valence-corrected chi connectivity index (χ0v) is 15.5. The average molecular weight is 398 g/mol. The van der Waals surface area contributed by atoms with Gasteiger partial charge in [-0.1, -0.05) is 29.8 Å². The number of ether oxygens (including phenoxy) is 1. The molecule has 0 saturated carbocycles. The van der Waals surface area contributed by atoms with Crippen molar-refractivity contribution in [2.45, 2.75) is 0 Å². The Morgan fingerprint density at radius 2 is 1.79 bits per heavy atom. The van der Waals surface area contributed by atoms with Crippen molar-refractivity contribution in [3.63, 3.8) is 0 Å². The molecular weight excluding hydrogens is 384 g/mol. The predicted octanol–water partition coefficient (Wildman–Crippen LogP) is 5.49. The van der Waals surface area contributed by atoms with Gasteiger partial charge in [-0.2, -0.15) is 0 Å². The Balaban J connectivity index is 2.04. The summed E-state index contributed by atoms with van der Waals surface area (Å²) in [7, 11) is 1.38. The molecule has 0 fully saturated rings. The largest absolute Gasteiger partial charge is 0.496 e. The van der Waals surface area contributed by atoms with Crippen LogP contribution >= 0.6 is 11.6 Å². The smallest absolute Gasteiger partial charge is 0.159 e. The lowest BCUT2D eigenvalue weighted by atomic mass is 9.99. The third-order valence-corrected chi connectivity index (χ3v) is 4.72. The maximum Gasteiger partial charge on any atom is 0.159 e. The van der Waals surface area contributed by atoms with E-state index in [2.05, 4.69) is 9.97 Å². The highest BCUT2D eigenvalue weighted by molar-refractivity contribution is 6.34. The van der Waals surface area contributed by atoms with Gasteiger partial charge in [0.2, 0.25) is 0 Å². The molecule has 2 N–H and O–H groups in total. The van der Waals surface area contributed by atoms with Gasteiger partial charge in [0.15, 0.2) is 5.82 Å². The summed E-state index contributed by atoms with van der Waals surface area (Å²) in [5.74, 6) is -1.23. The molecule has 3 aromatic carbocycles. The van der Waals surface area contributed by atoms with Crippen LogP contribution < -0.4 is 10.5 Å². The molecule has 4 rings (SSSR count). The number of methoxy groups -OCH3 is 1. The predicted molar refractivity (Wildman–Crippen MR) is 106 cm³/mol. The van der Waals surface area contributed by atoms with Gasteiger partial charge in [0.05, 0.1) is 23.4 Å². The van der Waals surface area contributed by atoms with Crippen LogP contribution in [0.3, 0.4) is 0 Å². The zero-order chi connectivity index (χ0) is 19.8. The van der Waals surface area contributed by atoms with Crippen molar-refractivity contribution in [1.82, 2.24) is 9.97 Å². The fourth-order valence-corrected chi connectivity index (χ4v) is 3.48. The Kier molecular flexibility index (Phi) is 4.57. The molecule has 0 aliphatic heterocycles. The molecule has 0 unspecified atom stereocenters. The van der Waals surface area contributed by atoms with Gasteiger partial charge in [-0.15, -0.1) is 0 Å². The van der Waals surface area contributed by atoms with Crippen LogP contribution in [-0.2, 0) is 0 Å². The van der Waals surface area contributed by atoms with Crippen molar-refractivity contribution in [3.05, 3.63) is 71.5 Å². The summed E-state index contributed by atoms with van der Waals surface area (Å²) < 4.78 is 35.2. The van der Waals surface area contributed by atoms with Gasteiger partial charge >= 0.3 is 0 Å². The van der Waals surface area contributed by atoms with Gasteiger partial charge in [-0.05, 0) is 30.3 Å². The van der Waals surface area contributed by atoms with Gasteiger partial charge in [0.1, 0.15) is 23.4 Å². The topological polar surface area (TPSA) is 61.0 Å². The van der Waals surface area contributed by atoms with E-state index in [1.807, 2.05) is 0 Å². The molecule has 0 spiro atoms. The van der Waals surface area contributed by atoms with Gasteiger partial charge in [0, 0.05) is 22.2 Å². The number of nitrogens with two attached hydrogens (primary N) is 1. The molecule has 0 aliphatic carbocycles. The van der Waals surface area contributed by atoms with Crippen LogP contribution in [0.1, 0.15) is 0 Å². The summed E-state index contributed by atoms with van der Waals surface area (Å²) in [6.07, 6.45) is 1.25. The number of halogens is 3. The Morgan fingerprint density at radius 1 is 1.00 bits per heavy atom. The standard InChI is InChI=1S/C21H14ClF2N3O/c1-28-16-7-3-6-15(23)18(16)17-14(22)9-13-20(11-4-2-5-12(25)8-11)26-10-27-21(13)19(17)24/h2-10H,25H2,1H3. The van der Waals surface area contributed by atoms with E-state index in [9.17, 15) is 4.39 Å². The Hall–Kier alpha value is -3.25. The molecule has 0 atom stereocenters. The number of hydrogen-bond acceptors (Lipinski definition) is 4. The summed E-state index contributed by atoms with van der Waals surface area (Å²) in [5.41, 5.74) is 7.42. The second-order valence-corrected chi connectivity index (χ2v) is 6.52. The summed E-state index contributed by atoms with van der Waals surface area (Å²) in [6.45, 7) is 0. The number of benzene rings is 3. The first kappa shape index (κ1) is 18.1. The van der Waals surface area contributed by atoms with E-state index in [-0.39, 0.29) is 27.4 Å². The number of nitrogens with zero attached hydrogens (tertiary/aromatic N) is 2. The Bertz CT molecular complexity index is 1210. The van der Waals surface area contributed by atoms with Crippen LogP contribution in [-0.4, -0.2) is 17.1 Å². The molecule has 28 heavy (non-hydrogen) atoms. The first-order valence-corrected chi connectivity index (χ1v) is 8.70. The molecule has 0 radical (unpaired) electrons. The fraction of sp³-hybridized carbons (Fsp3) is 0.0476. The third-order valence-electron chi connectivity index (χ3n) is 4.43. The molecule has 1 aromatic heterocycles. The van der Waals surface area contributed by atoms with Crippen LogP contribution in [0.2, 0.25) is 5.02 Å². The monoisotopic (exact) mass is 397 g/mol. The molecule has 1 heterocycles. The number of nitrogen functional groups attached to an aromatic ring is 1. The Morgan fingerprint density at radius 3 is 2.54 bits per heavy atom. The third kappa shape index (κ3) is 2.92. The van der Waals surface area contributed by atoms with E-state index in [1.165, 1.54) is 37.7 Å². The van der Waals surface area contributed by atoms with Crippen molar-refractivity contribution < 1.29 is 13.5 Å². The van der Waals surface area contributed by atoms with Crippen LogP contribution in [0, 0.1) is 11.6 Å². The maximum atomic E-state index is 15.5. The highest BCUT2D eigenvalue weighted by atomic mass is 35.5. The van der Waals surface area contributed by atoms with Crippen LogP contribution in [0.5, 0.6) is 5.75 Å². The first-order chi connectivity index (χ1) is 13.5. The number of fused-ring (bicyclic) bond motifs is 1. The average Bonchev–Trinajstić information content (AvgIpc) is 2.68. The van der Waals surface area contributed by atoms with Crippen LogP contribution in [0.15, 0.2) is 54.9 Å². The number of anilines is 1. The minimum atomic E-state index is -0.751. The van der Waals surface area contributed by atoms with E-state index >= 15 is 4.39 Å². The SMILES string of the molecule is COc1cccc(F)c1-c1c(Cl)cc2c(-c3cccc(N)c3)ncnc2c1F. The normalized spacial score (nSPS) is 11.0. The molecular formula is C21H14ClF2N3O. The van der Waals surface area contributed by atoms with E-state index in [0.717, 1.165) is 0 Å². The van der Waals surface area contributed by atoms with E-state index in [1.54, 1.807) is 24.3 Å². The van der Waals surface area contributed by atoms with Crippen LogP contribution in [0.4, 0.5) is 14.5 Å². The zero-order valence-electron chi connectivity index (χ0n) is 14.7. The lowest BCUT2D eigenvalue weighted by Gasteiger charge is -2.14. The number of aromatic nitrogens is 2. The molecule has 0 bridgehead atoms. The minimum absolute atomic E-state index is 0.0216. The second-order valence-electron chi connectivity index (χ2n) is 6.11. The van der Waals surface area contributed by atoms with Gasteiger partial charge in [-0.3, -0.25) is 0 Å². The number of hydrogen-bond donors (Lipinski definition) is 1. The number of rotatable bonds is 3. The summed E-state index contributed by atoms with van der Waals surface area (Å²) in [4.78, 5) is 8.33. The lowest BCUT2D eigenvalue weighted by Crippen LogP contribution is -1.99. The first-order valence-electron chi connectivity index (χ1n) is 8.32. The lowest BCUT2D eigenvalue weighted by molar-refractivity contribution is 0.413. The van der Waals surface area contributed by atoms with Gasteiger partial charge < -0.3 is 10.5 Å². The Labute approximate surface area is 164 Å². The van der Waals surface area contributed by atoms with E-state index < -0.39 is 11.6 Å². The summed E-state index contributed by atoms with van der Waals surface area (Å²) in [6, 6.07) is 12.8. The maximum absolute atomic E-state index is 15.5.